The zero-order valence-electron chi connectivity index (χ0n) is 23.5. The molecule has 1 aliphatic heterocycles. The minimum atomic E-state index is -0.516. The maximum atomic E-state index is 11.9. The van der Waals surface area contributed by atoms with E-state index in [9.17, 15) is 4.79 Å². The van der Waals surface area contributed by atoms with Crippen molar-refractivity contribution >= 4 is 17.6 Å². The van der Waals surface area contributed by atoms with E-state index in [0.29, 0.717) is 31.9 Å². The summed E-state index contributed by atoms with van der Waals surface area (Å²) in [5, 5.41) is 2.81. The lowest BCUT2D eigenvalue weighted by Gasteiger charge is -2.28. The average molecular weight is 528 g/mol. The number of ether oxygens (including phenoxy) is 2. The Labute approximate surface area is 231 Å². The fraction of sp³-hybridized carbons (Fsp3) is 0.419. The van der Waals surface area contributed by atoms with Crippen LogP contribution in [0.2, 0.25) is 0 Å². The van der Waals surface area contributed by atoms with Gasteiger partial charge in [0.15, 0.2) is 5.69 Å². The van der Waals surface area contributed by atoms with Crippen molar-refractivity contribution in [3.8, 4) is 11.1 Å². The highest BCUT2D eigenvalue weighted by Gasteiger charge is 2.20. The number of rotatable bonds is 7. The standard InChI is InChI=1S/C31H37N5O3/c1-21(28-20-29(35-22(2)34-28)36-15-17-38-18-16-36)27-19-25(32-6)11-12-26(27)24-9-7-23(8-10-24)13-14-33-30(37)39-31(3,4)5/h7-12,19-21H,13-18H2,1-5H3,(H,33,37). The molecule has 0 saturated carbocycles. The van der Waals surface area contributed by atoms with Crippen molar-refractivity contribution in [3.63, 3.8) is 0 Å². The molecule has 3 aromatic rings. The first-order valence-electron chi connectivity index (χ1n) is 13.4. The number of carbonyl (C=O) groups excluding carboxylic acids is 1. The highest BCUT2D eigenvalue weighted by Crippen LogP contribution is 2.36. The molecule has 0 bridgehead atoms. The van der Waals surface area contributed by atoms with Crippen LogP contribution >= 0.6 is 0 Å². The summed E-state index contributed by atoms with van der Waals surface area (Å²) < 4.78 is 10.8. The number of alkyl carbamates (subject to hydrolysis) is 1. The number of aromatic nitrogens is 2. The lowest BCUT2D eigenvalue weighted by Crippen LogP contribution is -2.37. The van der Waals surface area contributed by atoms with Crippen LogP contribution in [0.1, 0.15) is 56.3 Å². The van der Waals surface area contributed by atoms with Crippen molar-refractivity contribution in [2.75, 3.05) is 37.7 Å². The molecule has 1 aromatic heterocycles. The molecule has 204 valence electrons. The van der Waals surface area contributed by atoms with Crippen molar-refractivity contribution in [1.29, 1.82) is 0 Å². The van der Waals surface area contributed by atoms with Crippen LogP contribution in [0.15, 0.2) is 48.5 Å². The number of benzene rings is 2. The van der Waals surface area contributed by atoms with Crippen LogP contribution in [0, 0.1) is 13.5 Å². The third-order valence-corrected chi connectivity index (χ3v) is 6.60. The minimum absolute atomic E-state index is 0.0408. The Bertz CT molecular complexity index is 1340. The number of hydrogen-bond donors (Lipinski definition) is 1. The zero-order valence-corrected chi connectivity index (χ0v) is 23.5. The molecule has 1 aliphatic rings. The highest BCUT2D eigenvalue weighted by molar-refractivity contribution is 5.72. The van der Waals surface area contributed by atoms with E-state index in [1.165, 1.54) is 0 Å². The SMILES string of the molecule is [C-]#[N+]c1ccc(-c2ccc(CCNC(=O)OC(C)(C)C)cc2)c(C(C)c2cc(N3CCOCC3)nc(C)n2)c1. The third kappa shape index (κ3) is 7.55. The van der Waals surface area contributed by atoms with Gasteiger partial charge in [0.25, 0.3) is 0 Å². The molecule has 1 N–H and O–H groups in total. The van der Waals surface area contributed by atoms with Crippen molar-refractivity contribution in [2.24, 2.45) is 0 Å². The van der Waals surface area contributed by atoms with Gasteiger partial charge >= 0.3 is 6.09 Å². The summed E-state index contributed by atoms with van der Waals surface area (Å²) in [6.07, 6.45) is 0.290. The molecule has 0 spiro atoms. The first kappa shape index (κ1) is 28.1. The molecule has 39 heavy (non-hydrogen) atoms. The van der Waals surface area contributed by atoms with Gasteiger partial charge in [-0.2, -0.15) is 0 Å². The molecule has 2 heterocycles. The van der Waals surface area contributed by atoms with Crippen molar-refractivity contribution in [1.82, 2.24) is 15.3 Å². The Hall–Kier alpha value is -3.96. The molecule has 4 rings (SSSR count). The summed E-state index contributed by atoms with van der Waals surface area (Å²) in [6.45, 7) is 20.7. The first-order valence-corrected chi connectivity index (χ1v) is 13.4. The Morgan fingerprint density at radius 2 is 1.85 bits per heavy atom. The molecule has 8 nitrogen and oxygen atoms in total. The lowest BCUT2D eigenvalue weighted by atomic mass is 9.88. The van der Waals surface area contributed by atoms with Crippen molar-refractivity contribution in [2.45, 2.75) is 52.6 Å². The van der Waals surface area contributed by atoms with E-state index in [1.54, 1.807) is 0 Å². The van der Waals surface area contributed by atoms with E-state index in [4.69, 9.17) is 21.0 Å². The Morgan fingerprint density at radius 3 is 2.51 bits per heavy atom. The van der Waals surface area contributed by atoms with Gasteiger partial charge in [-0.15, -0.1) is 0 Å². The van der Waals surface area contributed by atoms with Crippen LogP contribution in [0.5, 0.6) is 0 Å². The summed E-state index contributed by atoms with van der Waals surface area (Å²) in [7, 11) is 0. The number of hydrogen-bond acceptors (Lipinski definition) is 6. The second-order valence-electron chi connectivity index (χ2n) is 10.8. The van der Waals surface area contributed by atoms with Gasteiger partial charge in [0.05, 0.1) is 25.5 Å². The Morgan fingerprint density at radius 1 is 1.13 bits per heavy atom. The van der Waals surface area contributed by atoms with Crippen LogP contribution in [-0.4, -0.2) is 54.5 Å². The van der Waals surface area contributed by atoms with Gasteiger partial charge in [0, 0.05) is 31.6 Å². The Kier molecular flexibility index (Phi) is 8.82. The van der Waals surface area contributed by atoms with Gasteiger partial charge in [0.2, 0.25) is 0 Å². The molecule has 1 amide bonds. The average Bonchev–Trinajstić information content (AvgIpc) is 2.92. The number of nitrogens with zero attached hydrogens (tertiary/aromatic N) is 4. The van der Waals surface area contributed by atoms with Gasteiger partial charge in [-0.1, -0.05) is 49.4 Å². The molecule has 2 aromatic carbocycles. The van der Waals surface area contributed by atoms with Crippen LogP contribution in [0.25, 0.3) is 16.0 Å². The maximum Gasteiger partial charge on any atom is 0.407 e. The van der Waals surface area contributed by atoms with Gasteiger partial charge in [-0.3, -0.25) is 0 Å². The monoisotopic (exact) mass is 527 g/mol. The number of nitrogens with one attached hydrogen (secondary N) is 1. The van der Waals surface area contributed by atoms with Crippen LogP contribution in [0.4, 0.5) is 16.3 Å². The van der Waals surface area contributed by atoms with E-state index in [1.807, 2.05) is 45.9 Å². The van der Waals surface area contributed by atoms with Crippen LogP contribution < -0.4 is 10.2 Å². The van der Waals surface area contributed by atoms with Gasteiger partial charge in [-0.05, 0) is 56.4 Å². The van der Waals surface area contributed by atoms with Crippen LogP contribution in [-0.2, 0) is 15.9 Å². The maximum absolute atomic E-state index is 11.9. The first-order chi connectivity index (χ1) is 18.6. The predicted molar refractivity (Wildman–Crippen MR) is 153 cm³/mol. The number of anilines is 1. The predicted octanol–water partition coefficient (Wildman–Crippen LogP) is 6.06. The number of morpholine rings is 1. The van der Waals surface area contributed by atoms with E-state index < -0.39 is 11.7 Å². The second-order valence-corrected chi connectivity index (χ2v) is 10.8. The van der Waals surface area contributed by atoms with E-state index in [0.717, 1.165) is 52.7 Å². The van der Waals surface area contributed by atoms with Crippen LogP contribution in [0.3, 0.4) is 0 Å². The smallest absolute Gasteiger partial charge is 0.407 e. The number of carbonyl (C=O) groups is 1. The van der Waals surface area contributed by atoms with Gasteiger partial charge in [-0.25, -0.2) is 19.6 Å². The summed E-state index contributed by atoms with van der Waals surface area (Å²) in [6, 6.07) is 16.3. The van der Waals surface area contributed by atoms with E-state index >= 15 is 0 Å². The molecule has 1 saturated heterocycles. The fourth-order valence-electron chi connectivity index (χ4n) is 4.62. The molecule has 1 fully saturated rings. The van der Waals surface area contributed by atoms with Gasteiger partial charge in [0.1, 0.15) is 17.2 Å². The third-order valence-electron chi connectivity index (χ3n) is 6.60. The molecule has 1 atom stereocenters. The molecule has 1 unspecified atom stereocenters. The summed E-state index contributed by atoms with van der Waals surface area (Å²) in [4.78, 5) is 27.3. The lowest BCUT2D eigenvalue weighted by molar-refractivity contribution is 0.0528. The fourth-order valence-corrected chi connectivity index (χ4v) is 4.62. The van der Waals surface area contributed by atoms with E-state index in [-0.39, 0.29) is 5.92 Å². The quantitative estimate of drug-likeness (QED) is 0.376. The van der Waals surface area contributed by atoms with Gasteiger partial charge < -0.3 is 19.7 Å². The normalized spacial score (nSPS) is 14.4. The Balaban J connectivity index is 1.55. The summed E-state index contributed by atoms with van der Waals surface area (Å²) in [5.74, 6) is 1.61. The highest BCUT2D eigenvalue weighted by atomic mass is 16.6. The molecule has 0 radical (unpaired) electrons. The van der Waals surface area contributed by atoms with Crippen molar-refractivity contribution in [3.05, 3.63) is 82.6 Å². The topological polar surface area (TPSA) is 80.9 Å². The minimum Gasteiger partial charge on any atom is -0.444 e. The largest absolute Gasteiger partial charge is 0.444 e. The van der Waals surface area contributed by atoms with Crippen molar-refractivity contribution < 1.29 is 14.3 Å². The molecule has 0 aliphatic carbocycles. The molecule has 8 heteroatoms. The number of aryl methyl sites for hydroxylation is 1. The number of amides is 1. The molecular weight excluding hydrogens is 490 g/mol. The molecular formula is C31H37N5O3. The summed E-state index contributed by atoms with van der Waals surface area (Å²) >= 11 is 0. The van der Waals surface area contributed by atoms with E-state index in [2.05, 4.69) is 57.3 Å². The second kappa shape index (κ2) is 12.3. The summed E-state index contributed by atoms with van der Waals surface area (Å²) in [5.41, 5.74) is 5.31. The zero-order chi connectivity index (χ0) is 28.0.